The number of hydrogen-bond acceptors (Lipinski definition) is 3. The zero-order chi connectivity index (χ0) is 13.1. The second kappa shape index (κ2) is 5.83. The van der Waals surface area contributed by atoms with Crippen LogP contribution in [0.3, 0.4) is 0 Å². The molecule has 0 N–H and O–H groups in total. The van der Waals surface area contributed by atoms with Gasteiger partial charge in [-0.15, -0.1) is 0 Å². The van der Waals surface area contributed by atoms with Crippen LogP contribution in [0.15, 0.2) is 0 Å². The fourth-order valence-electron chi connectivity index (χ4n) is 2.37. The Labute approximate surface area is 109 Å². The summed E-state index contributed by atoms with van der Waals surface area (Å²) in [4.78, 5) is 27.5. The van der Waals surface area contributed by atoms with Crippen molar-refractivity contribution in [3.05, 3.63) is 0 Å². The van der Waals surface area contributed by atoms with Crippen LogP contribution in [0.4, 0.5) is 0 Å². The quantitative estimate of drug-likeness (QED) is 0.740. The van der Waals surface area contributed by atoms with Gasteiger partial charge in [-0.3, -0.25) is 14.5 Å². The zero-order valence-corrected chi connectivity index (χ0v) is 11.5. The van der Waals surface area contributed by atoms with Gasteiger partial charge in [0.25, 0.3) is 0 Å². The summed E-state index contributed by atoms with van der Waals surface area (Å²) in [5, 5.41) is 0. The van der Waals surface area contributed by atoms with Gasteiger partial charge >= 0.3 is 0 Å². The molecule has 1 amide bonds. The maximum absolute atomic E-state index is 12.2. The number of likely N-dealkylation sites (tertiary alicyclic amines) is 1. The first kappa shape index (κ1) is 13.5. The molecule has 0 bridgehead atoms. The van der Waals surface area contributed by atoms with Crippen LogP contribution in [-0.2, 0) is 9.59 Å². The van der Waals surface area contributed by atoms with E-state index < -0.39 is 0 Å². The van der Waals surface area contributed by atoms with Crippen LogP contribution in [0.25, 0.3) is 0 Å². The summed E-state index contributed by atoms with van der Waals surface area (Å²) < 4.78 is 0. The van der Waals surface area contributed by atoms with E-state index in [2.05, 4.69) is 18.7 Å². The van der Waals surface area contributed by atoms with Gasteiger partial charge in [0.1, 0.15) is 5.78 Å². The minimum Gasteiger partial charge on any atom is -0.341 e. The van der Waals surface area contributed by atoms with Gasteiger partial charge in [0.05, 0.1) is 6.54 Å². The van der Waals surface area contributed by atoms with Crippen molar-refractivity contribution in [2.75, 3.05) is 26.2 Å². The largest absolute Gasteiger partial charge is 0.341 e. The van der Waals surface area contributed by atoms with Crippen LogP contribution in [0, 0.1) is 5.92 Å². The number of Topliss-reactive ketones (excluding diaryl/α,β-unsaturated/α-hetero) is 1. The van der Waals surface area contributed by atoms with Gasteiger partial charge in [-0.05, 0) is 32.6 Å². The molecule has 0 unspecified atom stereocenters. The van der Waals surface area contributed by atoms with E-state index in [4.69, 9.17) is 0 Å². The van der Waals surface area contributed by atoms with Gasteiger partial charge in [-0.25, -0.2) is 0 Å². The summed E-state index contributed by atoms with van der Waals surface area (Å²) in [6, 6.07) is 0.418. The molecule has 0 radical (unpaired) electrons. The summed E-state index contributed by atoms with van der Waals surface area (Å²) in [6.45, 7) is 7.10. The molecule has 1 aliphatic heterocycles. The Morgan fingerprint density at radius 1 is 1.33 bits per heavy atom. The lowest BCUT2D eigenvalue weighted by atomic mass is 10.1. The second-order valence-electron chi connectivity index (χ2n) is 5.89. The number of carbonyl (C=O) groups is 2. The molecule has 1 aliphatic carbocycles. The monoisotopic (exact) mass is 252 g/mol. The number of amides is 1. The van der Waals surface area contributed by atoms with E-state index >= 15 is 0 Å². The fraction of sp³-hybridized carbons (Fsp3) is 0.857. The summed E-state index contributed by atoms with van der Waals surface area (Å²) in [5.41, 5.74) is 0. The Bertz CT molecular complexity index is 314. The molecular weight excluding hydrogens is 228 g/mol. The predicted molar refractivity (Wildman–Crippen MR) is 70.3 cm³/mol. The van der Waals surface area contributed by atoms with Gasteiger partial charge in [-0.2, -0.15) is 0 Å². The molecule has 102 valence electrons. The van der Waals surface area contributed by atoms with E-state index in [0.717, 1.165) is 12.5 Å². The normalized spacial score (nSPS) is 20.9. The van der Waals surface area contributed by atoms with Gasteiger partial charge in [-0.1, -0.05) is 0 Å². The molecule has 18 heavy (non-hydrogen) atoms. The van der Waals surface area contributed by atoms with Crippen LogP contribution in [-0.4, -0.2) is 53.7 Å². The highest BCUT2D eigenvalue weighted by molar-refractivity contribution is 5.84. The van der Waals surface area contributed by atoms with Crippen molar-refractivity contribution in [1.29, 1.82) is 0 Å². The van der Waals surface area contributed by atoms with Crippen molar-refractivity contribution < 1.29 is 9.59 Å². The van der Waals surface area contributed by atoms with Gasteiger partial charge in [0.2, 0.25) is 5.91 Å². The molecule has 1 heterocycles. The zero-order valence-electron chi connectivity index (χ0n) is 11.5. The fourth-order valence-corrected chi connectivity index (χ4v) is 2.37. The lowest BCUT2D eigenvalue weighted by Gasteiger charge is -2.31. The molecule has 0 spiro atoms. The number of piperidine rings is 1. The molecule has 1 saturated carbocycles. The molecular formula is C14H24N2O2. The standard InChI is InChI=1S/C14H24N2O2/c1-11(2)16(9-12-3-4-12)10-14(18)15-7-5-13(17)6-8-15/h11-12H,3-10H2,1-2H3. The third-order valence-corrected chi connectivity index (χ3v) is 3.93. The van der Waals surface area contributed by atoms with Crippen molar-refractivity contribution >= 4 is 11.7 Å². The van der Waals surface area contributed by atoms with Crippen molar-refractivity contribution in [2.45, 2.75) is 45.6 Å². The van der Waals surface area contributed by atoms with E-state index in [9.17, 15) is 9.59 Å². The summed E-state index contributed by atoms with van der Waals surface area (Å²) in [6.07, 6.45) is 3.71. The third-order valence-electron chi connectivity index (χ3n) is 3.93. The van der Waals surface area contributed by atoms with E-state index in [1.54, 1.807) is 0 Å². The summed E-state index contributed by atoms with van der Waals surface area (Å²) in [5.74, 6) is 1.29. The highest BCUT2D eigenvalue weighted by Gasteiger charge is 2.28. The van der Waals surface area contributed by atoms with Crippen molar-refractivity contribution in [1.82, 2.24) is 9.80 Å². The number of hydrogen-bond donors (Lipinski definition) is 0. The lowest BCUT2D eigenvalue weighted by Crippen LogP contribution is -2.46. The van der Waals surface area contributed by atoms with Crippen LogP contribution in [0.1, 0.15) is 39.5 Å². The Balaban J connectivity index is 1.81. The molecule has 2 fully saturated rings. The Kier molecular flexibility index (Phi) is 4.38. The van der Waals surface area contributed by atoms with Crippen molar-refractivity contribution in [3.8, 4) is 0 Å². The first-order valence-corrected chi connectivity index (χ1v) is 7.10. The average Bonchev–Trinajstić information content (AvgIpc) is 3.12. The number of rotatable bonds is 5. The lowest BCUT2D eigenvalue weighted by molar-refractivity contribution is -0.136. The summed E-state index contributed by atoms with van der Waals surface area (Å²) >= 11 is 0. The minimum absolute atomic E-state index is 0.192. The third kappa shape index (κ3) is 3.80. The smallest absolute Gasteiger partial charge is 0.236 e. The molecule has 2 aliphatic rings. The highest BCUT2D eigenvalue weighted by Crippen LogP contribution is 2.30. The molecule has 2 rings (SSSR count). The molecule has 4 heteroatoms. The molecule has 4 nitrogen and oxygen atoms in total. The van der Waals surface area contributed by atoms with Crippen LogP contribution >= 0.6 is 0 Å². The van der Waals surface area contributed by atoms with Gasteiger partial charge in [0, 0.05) is 38.5 Å². The summed E-state index contributed by atoms with van der Waals surface area (Å²) in [7, 11) is 0. The molecule has 0 aromatic carbocycles. The molecule has 0 aromatic rings. The van der Waals surface area contributed by atoms with E-state index in [1.165, 1.54) is 12.8 Å². The number of ketones is 1. The molecule has 1 saturated heterocycles. The first-order chi connectivity index (χ1) is 8.56. The molecule has 0 aromatic heterocycles. The SMILES string of the molecule is CC(C)N(CC(=O)N1CCC(=O)CC1)CC1CC1. The van der Waals surface area contributed by atoms with Crippen LogP contribution in [0.5, 0.6) is 0 Å². The van der Waals surface area contributed by atoms with Crippen molar-refractivity contribution in [2.24, 2.45) is 5.92 Å². The van der Waals surface area contributed by atoms with Gasteiger partial charge in [0.15, 0.2) is 0 Å². The van der Waals surface area contributed by atoms with Gasteiger partial charge < -0.3 is 4.90 Å². The Morgan fingerprint density at radius 3 is 2.44 bits per heavy atom. The number of carbonyl (C=O) groups excluding carboxylic acids is 2. The van der Waals surface area contributed by atoms with E-state index in [0.29, 0.717) is 38.5 Å². The maximum atomic E-state index is 12.2. The van der Waals surface area contributed by atoms with Crippen LogP contribution in [0.2, 0.25) is 0 Å². The number of nitrogens with zero attached hydrogens (tertiary/aromatic N) is 2. The molecule has 0 atom stereocenters. The topological polar surface area (TPSA) is 40.6 Å². The Hall–Kier alpha value is -0.900. The highest BCUT2D eigenvalue weighted by atomic mass is 16.2. The first-order valence-electron chi connectivity index (χ1n) is 7.10. The van der Waals surface area contributed by atoms with Crippen LogP contribution < -0.4 is 0 Å². The average molecular weight is 252 g/mol. The predicted octanol–water partition coefficient (Wildman–Crippen LogP) is 1.30. The second-order valence-corrected chi connectivity index (χ2v) is 5.89. The minimum atomic E-state index is 0.192. The maximum Gasteiger partial charge on any atom is 0.236 e. The van der Waals surface area contributed by atoms with Crippen molar-refractivity contribution in [3.63, 3.8) is 0 Å². The van der Waals surface area contributed by atoms with E-state index in [1.807, 2.05) is 4.90 Å². The van der Waals surface area contributed by atoms with E-state index in [-0.39, 0.29) is 11.7 Å². The Morgan fingerprint density at radius 2 is 1.94 bits per heavy atom.